The third-order valence-electron chi connectivity index (χ3n) is 7.74. The van der Waals surface area contributed by atoms with Crippen molar-refractivity contribution >= 4 is 5.97 Å². The second-order valence-corrected chi connectivity index (χ2v) is 8.69. The van der Waals surface area contributed by atoms with Crippen LogP contribution in [0.2, 0.25) is 0 Å². The molecule has 4 rings (SSSR count). The quantitative estimate of drug-likeness (QED) is 0.695. The smallest absolute Gasteiger partial charge is 0.331 e. The molecule has 4 aliphatic rings. The Hall–Kier alpha value is -1.05. The summed E-state index contributed by atoms with van der Waals surface area (Å²) in [5.41, 5.74) is 2.73. The molecule has 3 fully saturated rings. The van der Waals surface area contributed by atoms with E-state index in [4.69, 9.17) is 0 Å². The first-order valence-corrected chi connectivity index (χ1v) is 9.08. The number of hydrogen-bond acceptors (Lipinski definition) is 1. The van der Waals surface area contributed by atoms with Crippen LogP contribution < -0.4 is 0 Å². The molecule has 0 amide bonds. The summed E-state index contributed by atoms with van der Waals surface area (Å²) in [5.74, 6) is 1.64. The molecule has 4 aliphatic carbocycles. The maximum Gasteiger partial charge on any atom is 0.331 e. The first kappa shape index (κ1) is 14.5. The van der Waals surface area contributed by atoms with E-state index in [0.29, 0.717) is 23.3 Å². The lowest BCUT2D eigenvalue weighted by atomic mass is 9.48. The predicted molar refractivity (Wildman–Crippen MR) is 87.4 cm³/mol. The summed E-state index contributed by atoms with van der Waals surface area (Å²) in [6, 6.07) is 0. The van der Waals surface area contributed by atoms with Gasteiger partial charge in [-0.25, -0.2) is 4.79 Å². The van der Waals surface area contributed by atoms with Gasteiger partial charge in [0.25, 0.3) is 0 Å². The third kappa shape index (κ3) is 1.88. The molecule has 22 heavy (non-hydrogen) atoms. The molecule has 0 aromatic rings. The molecule has 0 heterocycles. The summed E-state index contributed by atoms with van der Waals surface area (Å²) in [4.78, 5) is 11.5. The molecule has 0 bridgehead atoms. The van der Waals surface area contributed by atoms with Crippen LogP contribution in [-0.4, -0.2) is 11.1 Å². The Labute approximate surface area is 133 Å². The fourth-order valence-electron chi connectivity index (χ4n) is 6.58. The van der Waals surface area contributed by atoms with Crippen LogP contribution in [0.15, 0.2) is 23.3 Å². The van der Waals surface area contributed by atoms with Gasteiger partial charge in [0.15, 0.2) is 0 Å². The average molecular weight is 300 g/mol. The summed E-state index contributed by atoms with van der Waals surface area (Å²) < 4.78 is 0. The molecule has 3 saturated carbocycles. The second kappa shape index (κ2) is 4.72. The van der Waals surface area contributed by atoms with Crippen molar-refractivity contribution in [1.29, 1.82) is 0 Å². The van der Waals surface area contributed by atoms with Crippen molar-refractivity contribution in [3.8, 4) is 0 Å². The third-order valence-corrected chi connectivity index (χ3v) is 7.74. The van der Waals surface area contributed by atoms with Crippen LogP contribution in [0.4, 0.5) is 0 Å². The van der Waals surface area contributed by atoms with E-state index >= 15 is 0 Å². The largest absolute Gasteiger partial charge is 0.478 e. The first-order chi connectivity index (χ1) is 10.4. The number of allylic oxidation sites excluding steroid dienone is 3. The first-order valence-electron chi connectivity index (χ1n) is 9.08. The molecular weight excluding hydrogens is 272 g/mol. The molecule has 1 N–H and O–H groups in total. The van der Waals surface area contributed by atoms with E-state index in [1.54, 1.807) is 0 Å². The average Bonchev–Trinajstić information content (AvgIpc) is 2.87. The number of carboxylic acids is 1. The van der Waals surface area contributed by atoms with Gasteiger partial charge in [-0.1, -0.05) is 38.0 Å². The maximum atomic E-state index is 11.5. The van der Waals surface area contributed by atoms with Gasteiger partial charge in [-0.3, -0.25) is 0 Å². The van der Waals surface area contributed by atoms with E-state index in [-0.39, 0.29) is 5.41 Å². The van der Waals surface area contributed by atoms with Gasteiger partial charge < -0.3 is 5.11 Å². The van der Waals surface area contributed by atoms with Gasteiger partial charge in [0.2, 0.25) is 0 Å². The molecular formula is C20H28O2. The van der Waals surface area contributed by atoms with Gasteiger partial charge in [0.05, 0.1) is 0 Å². The van der Waals surface area contributed by atoms with E-state index in [1.165, 1.54) is 50.5 Å². The minimum atomic E-state index is -0.722. The molecule has 0 aromatic carbocycles. The number of aliphatic carboxylic acids is 1. The molecule has 0 unspecified atom stereocenters. The highest BCUT2D eigenvalue weighted by molar-refractivity contribution is 5.87. The molecule has 2 heteroatoms. The zero-order chi connectivity index (χ0) is 15.5. The number of rotatable bonds is 1. The fourth-order valence-corrected chi connectivity index (χ4v) is 6.58. The van der Waals surface area contributed by atoms with Crippen molar-refractivity contribution in [2.24, 2.45) is 28.6 Å². The normalized spacial score (nSPS) is 46.9. The van der Waals surface area contributed by atoms with Crippen molar-refractivity contribution in [3.63, 3.8) is 0 Å². The van der Waals surface area contributed by atoms with Crippen molar-refractivity contribution < 1.29 is 9.90 Å². The molecule has 0 spiro atoms. The van der Waals surface area contributed by atoms with Gasteiger partial charge in [0.1, 0.15) is 0 Å². The zero-order valence-electron chi connectivity index (χ0n) is 13.9. The van der Waals surface area contributed by atoms with Gasteiger partial charge in [-0.05, 0) is 68.1 Å². The van der Waals surface area contributed by atoms with Crippen LogP contribution in [0, 0.1) is 28.6 Å². The van der Waals surface area contributed by atoms with Crippen molar-refractivity contribution in [2.75, 3.05) is 0 Å². The van der Waals surface area contributed by atoms with E-state index in [0.717, 1.165) is 11.8 Å². The highest BCUT2D eigenvalue weighted by atomic mass is 16.4. The Kier molecular flexibility index (Phi) is 3.12. The lowest BCUT2D eigenvalue weighted by Gasteiger charge is -2.56. The Balaban J connectivity index is 1.71. The topological polar surface area (TPSA) is 37.3 Å². The van der Waals surface area contributed by atoms with Crippen LogP contribution in [0.25, 0.3) is 0 Å². The van der Waals surface area contributed by atoms with Gasteiger partial charge in [-0.2, -0.15) is 0 Å². The number of carbonyl (C=O) groups is 1. The second-order valence-electron chi connectivity index (χ2n) is 8.69. The molecule has 0 saturated heterocycles. The minimum Gasteiger partial charge on any atom is -0.478 e. The van der Waals surface area contributed by atoms with Crippen LogP contribution in [0.5, 0.6) is 0 Å². The number of fused-ring (bicyclic) bond motifs is 5. The summed E-state index contributed by atoms with van der Waals surface area (Å²) in [6.45, 7) is 4.85. The van der Waals surface area contributed by atoms with Crippen LogP contribution in [-0.2, 0) is 4.79 Å². The number of carboxylic acid groups (broad SMARTS) is 1. The highest BCUT2D eigenvalue weighted by Gasteiger charge is 2.55. The highest BCUT2D eigenvalue weighted by Crippen LogP contribution is 2.64. The molecule has 0 radical (unpaired) electrons. The standard InChI is InChI=1S/C20H28O2/c1-19-10-3-4-16(19)15-8-7-14-6-5-13(18(21)22)12-20(14,2)17(15)9-11-19/h6,12,15-17H,3-5,7-11H2,1-2H3,(H,21,22)/t15-,16-,17-,19-,20-/m0/s1. The van der Waals surface area contributed by atoms with E-state index < -0.39 is 5.97 Å². The van der Waals surface area contributed by atoms with Gasteiger partial charge in [-0.15, -0.1) is 0 Å². The summed E-state index contributed by atoms with van der Waals surface area (Å²) in [6.07, 6.45) is 14.4. The Morgan fingerprint density at radius 1 is 1.18 bits per heavy atom. The minimum absolute atomic E-state index is 0.0127. The molecule has 120 valence electrons. The Bertz CT molecular complexity index is 572. The molecule has 0 aromatic heterocycles. The van der Waals surface area contributed by atoms with E-state index in [2.05, 4.69) is 26.0 Å². The molecule has 2 nitrogen and oxygen atoms in total. The Morgan fingerprint density at radius 3 is 2.77 bits per heavy atom. The van der Waals surface area contributed by atoms with Crippen molar-refractivity contribution in [3.05, 3.63) is 23.3 Å². The van der Waals surface area contributed by atoms with Crippen LogP contribution >= 0.6 is 0 Å². The van der Waals surface area contributed by atoms with Crippen LogP contribution in [0.3, 0.4) is 0 Å². The monoisotopic (exact) mass is 300 g/mol. The molecule has 0 aliphatic heterocycles. The van der Waals surface area contributed by atoms with Crippen molar-refractivity contribution in [2.45, 2.75) is 65.2 Å². The predicted octanol–water partition coefficient (Wildman–Crippen LogP) is 4.96. The lowest BCUT2D eigenvalue weighted by molar-refractivity contribution is -0.132. The van der Waals surface area contributed by atoms with Gasteiger partial charge in [0, 0.05) is 11.0 Å². The van der Waals surface area contributed by atoms with E-state index in [9.17, 15) is 9.90 Å². The van der Waals surface area contributed by atoms with Gasteiger partial charge >= 0.3 is 5.97 Å². The maximum absolute atomic E-state index is 11.5. The summed E-state index contributed by atoms with van der Waals surface area (Å²) in [7, 11) is 0. The number of hydrogen-bond donors (Lipinski definition) is 1. The molecule has 5 atom stereocenters. The SMILES string of the molecule is C[C@@]12CCC[C@H]1[C@@H]1CCC3=CCC(C(=O)O)=C[C@]3(C)[C@H]1CC2. The lowest BCUT2D eigenvalue weighted by Crippen LogP contribution is -2.48. The zero-order valence-corrected chi connectivity index (χ0v) is 13.9. The van der Waals surface area contributed by atoms with Crippen molar-refractivity contribution in [1.82, 2.24) is 0 Å². The Morgan fingerprint density at radius 2 is 2.00 bits per heavy atom. The summed E-state index contributed by atoms with van der Waals surface area (Å²) in [5, 5.41) is 9.43. The summed E-state index contributed by atoms with van der Waals surface area (Å²) >= 11 is 0. The van der Waals surface area contributed by atoms with Crippen LogP contribution in [0.1, 0.15) is 65.2 Å². The van der Waals surface area contributed by atoms with E-state index in [1.807, 2.05) is 0 Å². The fraction of sp³-hybridized carbons (Fsp3) is 0.750.